The van der Waals surface area contributed by atoms with E-state index in [0.717, 1.165) is 20.6 Å². The molecule has 0 aliphatic heterocycles. The summed E-state index contributed by atoms with van der Waals surface area (Å²) in [7, 11) is 4.69. The van der Waals surface area contributed by atoms with Crippen molar-refractivity contribution in [2.45, 2.75) is 63.5 Å². The van der Waals surface area contributed by atoms with E-state index >= 15 is 0 Å². The maximum Gasteiger partial charge on any atom is 0.328 e. The fourth-order valence-electron chi connectivity index (χ4n) is 6.59. The molecule has 4 aliphatic rings. The molecule has 2 atom stereocenters. The molecule has 0 saturated heterocycles. The summed E-state index contributed by atoms with van der Waals surface area (Å²) < 4.78 is 18.8. The zero-order valence-corrected chi connectivity index (χ0v) is 21.0. The van der Waals surface area contributed by atoms with E-state index in [1.807, 2.05) is 0 Å². The van der Waals surface area contributed by atoms with Crippen molar-refractivity contribution in [2.75, 3.05) is 28.4 Å². The number of carbonyl (C=O) groups excluding carboxylic acids is 6. The van der Waals surface area contributed by atoms with Crippen LogP contribution in [0.25, 0.3) is 0 Å². The van der Waals surface area contributed by atoms with Crippen LogP contribution in [-0.2, 0) is 47.7 Å². The van der Waals surface area contributed by atoms with E-state index in [9.17, 15) is 28.8 Å². The Kier molecular flexibility index (Phi) is 8.25. The second kappa shape index (κ2) is 10.8. The quantitative estimate of drug-likeness (QED) is 0.302. The number of hydrogen-bond acceptors (Lipinski definition) is 10. The maximum atomic E-state index is 13.6. The fraction of sp³-hybridized carbons (Fsp3) is 0.750. The van der Waals surface area contributed by atoms with Crippen LogP contribution in [0.5, 0.6) is 0 Å². The van der Waals surface area contributed by atoms with Crippen LogP contribution in [0.1, 0.15) is 51.4 Å². The van der Waals surface area contributed by atoms with Gasteiger partial charge in [-0.2, -0.15) is 0 Å². The summed E-state index contributed by atoms with van der Waals surface area (Å²) in [5, 5.41) is 5.33. The molecule has 36 heavy (non-hydrogen) atoms. The molecule has 4 fully saturated rings. The average Bonchev–Trinajstić information content (AvgIpc) is 2.85. The molecule has 4 rings (SSSR count). The third kappa shape index (κ3) is 5.46. The van der Waals surface area contributed by atoms with Crippen LogP contribution in [0.2, 0.25) is 0 Å². The normalized spacial score (nSPS) is 29.3. The number of esters is 4. The molecule has 4 aliphatic carbocycles. The molecule has 0 spiro atoms. The molecular formula is C24H34N2O10. The number of methoxy groups -OCH3 is 4. The maximum absolute atomic E-state index is 13.6. The second-order valence-corrected chi connectivity index (χ2v) is 10.2. The lowest BCUT2D eigenvalue weighted by Gasteiger charge is -2.60. The lowest BCUT2D eigenvalue weighted by Crippen LogP contribution is -2.63. The number of hydrogen-bond donors (Lipinski definition) is 2. The molecule has 0 aromatic heterocycles. The summed E-state index contributed by atoms with van der Waals surface area (Å²) in [5.41, 5.74) is -1.82. The summed E-state index contributed by atoms with van der Waals surface area (Å²) in [6.07, 6.45) is 2.57. The van der Waals surface area contributed by atoms with Crippen molar-refractivity contribution in [2.24, 2.45) is 22.7 Å². The van der Waals surface area contributed by atoms with Gasteiger partial charge in [-0.15, -0.1) is 0 Å². The number of rotatable bonds is 10. The molecule has 200 valence electrons. The Labute approximate surface area is 209 Å². The van der Waals surface area contributed by atoms with Gasteiger partial charge >= 0.3 is 23.9 Å². The van der Waals surface area contributed by atoms with Gasteiger partial charge in [-0.3, -0.25) is 19.2 Å². The van der Waals surface area contributed by atoms with Crippen molar-refractivity contribution in [3.8, 4) is 0 Å². The molecule has 0 aromatic carbocycles. The summed E-state index contributed by atoms with van der Waals surface area (Å²) in [4.78, 5) is 75.2. The standard InChI is InChI=1S/C24H34N2O10/c1-33-17(27)6-15(19(29)35-3)25-21(31)23-8-13-5-14(9-23)11-24(10-13,12-23)22(32)26-16(20(30)36-4)7-18(28)34-2/h13-16H,5-12H2,1-4H3,(H,25,31)(H,26,32)/t13?,14?,15-,16-,23?,24?/m0/s1. The third-order valence-electron chi connectivity index (χ3n) is 7.80. The Morgan fingerprint density at radius 1 is 0.667 bits per heavy atom. The SMILES string of the molecule is COC(=O)C[C@H](NC(=O)C12CC3CC(C1)CC(C(=O)N[C@@H](CC(=O)OC)C(=O)OC)(C3)C2)C(=O)OC. The van der Waals surface area contributed by atoms with Gasteiger partial charge in [0.05, 0.1) is 52.1 Å². The molecule has 4 bridgehead atoms. The predicted molar refractivity (Wildman–Crippen MR) is 121 cm³/mol. The minimum Gasteiger partial charge on any atom is -0.469 e. The van der Waals surface area contributed by atoms with E-state index in [2.05, 4.69) is 20.1 Å². The van der Waals surface area contributed by atoms with Gasteiger partial charge in [0.1, 0.15) is 12.1 Å². The zero-order valence-electron chi connectivity index (χ0n) is 21.0. The fourth-order valence-corrected chi connectivity index (χ4v) is 6.59. The summed E-state index contributed by atoms with van der Waals surface area (Å²) in [6, 6.07) is -2.42. The zero-order chi connectivity index (χ0) is 26.7. The lowest BCUT2D eigenvalue weighted by atomic mass is 9.43. The van der Waals surface area contributed by atoms with Crippen molar-refractivity contribution in [3.63, 3.8) is 0 Å². The van der Waals surface area contributed by atoms with Gasteiger partial charge < -0.3 is 29.6 Å². The van der Waals surface area contributed by atoms with Gasteiger partial charge in [0, 0.05) is 0 Å². The van der Waals surface area contributed by atoms with Gasteiger partial charge in [-0.05, 0) is 50.4 Å². The summed E-state index contributed by atoms with van der Waals surface area (Å²) in [6.45, 7) is 0. The molecule has 0 heterocycles. The van der Waals surface area contributed by atoms with E-state index in [-0.39, 0.29) is 31.1 Å². The largest absolute Gasteiger partial charge is 0.469 e. The first kappa shape index (κ1) is 27.4. The highest BCUT2D eigenvalue weighted by Gasteiger charge is 2.63. The summed E-state index contributed by atoms with van der Waals surface area (Å²) in [5.74, 6) is -3.49. The molecule has 2 amide bonds. The smallest absolute Gasteiger partial charge is 0.328 e. The second-order valence-electron chi connectivity index (χ2n) is 10.2. The molecule has 12 nitrogen and oxygen atoms in total. The van der Waals surface area contributed by atoms with Crippen LogP contribution in [0, 0.1) is 22.7 Å². The number of nitrogens with one attached hydrogen (secondary N) is 2. The van der Waals surface area contributed by atoms with Gasteiger partial charge in [0.25, 0.3) is 0 Å². The molecule has 12 heteroatoms. The Hall–Kier alpha value is -3.18. The monoisotopic (exact) mass is 510 g/mol. The van der Waals surface area contributed by atoms with Crippen molar-refractivity contribution in [1.82, 2.24) is 10.6 Å². The van der Waals surface area contributed by atoms with E-state index in [4.69, 9.17) is 9.47 Å². The highest BCUT2D eigenvalue weighted by Crippen LogP contribution is 2.65. The Bertz CT molecular complexity index is 848. The lowest BCUT2D eigenvalue weighted by molar-refractivity contribution is -0.171. The van der Waals surface area contributed by atoms with Crippen LogP contribution in [0.3, 0.4) is 0 Å². The number of ether oxygens (including phenoxy) is 4. The Morgan fingerprint density at radius 3 is 1.33 bits per heavy atom. The van der Waals surface area contributed by atoms with Crippen molar-refractivity contribution >= 4 is 35.7 Å². The first-order valence-electron chi connectivity index (χ1n) is 11.9. The molecule has 2 N–H and O–H groups in total. The van der Waals surface area contributed by atoms with Crippen molar-refractivity contribution in [3.05, 3.63) is 0 Å². The average molecular weight is 511 g/mol. The van der Waals surface area contributed by atoms with Gasteiger partial charge in [-0.1, -0.05) is 0 Å². The van der Waals surface area contributed by atoms with E-state index < -0.39 is 58.6 Å². The predicted octanol–water partition coefficient (Wildman–Crippen LogP) is 0.0148. The topological polar surface area (TPSA) is 163 Å². The highest BCUT2D eigenvalue weighted by atomic mass is 16.5. The van der Waals surface area contributed by atoms with Crippen LogP contribution in [0.4, 0.5) is 0 Å². The van der Waals surface area contributed by atoms with Crippen LogP contribution >= 0.6 is 0 Å². The van der Waals surface area contributed by atoms with E-state index in [1.165, 1.54) is 14.2 Å². The molecule has 0 radical (unpaired) electrons. The van der Waals surface area contributed by atoms with E-state index in [0.29, 0.717) is 25.7 Å². The van der Waals surface area contributed by atoms with Crippen molar-refractivity contribution in [1.29, 1.82) is 0 Å². The minimum atomic E-state index is -1.21. The molecular weight excluding hydrogens is 476 g/mol. The number of carbonyl (C=O) groups is 6. The first-order valence-corrected chi connectivity index (χ1v) is 11.9. The van der Waals surface area contributed by atoms with Crippen LogP contribution < -0.4 is 10.6 Å². The highest BCUT2D eigenvalue weighted by molar-refractivity contribution is 5.94. The molecule has 0 unspecified atom stereocenters. The first-order chi connectivity index (χ1) is 17.0. The van der Waals surface area contributed by atoms with Crippen LogP contribution in [-0.4, -0.2) is 76.2 Å². The van der Waals surface area contributed by atoms with Gasteiger partial charge in [0.2, 0.25) is 11.8 Å². The van der Waals surface area contributed by atoms with Crippen LogP contribution in [0.15, 0.2) is 0 Å². The Balaban J connectivity index is 1.82. The van der Waals surface area contributed by atoms with Gasteiger partial charge in [-0.25, -0.2) is 9.59 Å². The van der Waals surface area contributed by atoms with Crippen molar-refractivity contribution < 1.29 is 47.7 Å². The number of amides is 2. The molecule has 0 aromatic rings. The minimum absolute atomic E-state index is 0.108. The van der Waals surface area contributed by atoms with Gasteiger partial charge in [0.15, 0.2) is 0 Å². The Morgan fingerprint density at radius 2 is 1.03 bits per heavy atom. The van der Waals surface area contributed by atoms with E-state index in [1.54, 1.807) is 0 Å². The molecule has 4 saturated carbocycles. The third-order valence-corrected chi connectivity index (χ3v) is 7.80. The summed E-state index contributed by atoms with van der Waals surface area (Å²) >= 11 is 0.